The van der Waals surface area contributed by atoms with E-state index in [4.69, 9.17) is 4.43 Å². The highest BCUT2D eigenvalue weighted by atomic mass is 33.1. The van der Waals surface area contributed by atoms with Gasteiger partial charge in [-0.05, 0) is 41.4 Å². The monoisotopic (exact) mass is 426 g/mol. The topological polar surface area (TPSA) is 51.2 Å². The molecule has 1 amide bonds. The second-order valence-corrected chi connectivity index (χ2v) is 14.0. The summed E-state index contributed by atoms with van der Waals surface area (Å²) in [7, 11) is 2.27. The lowest BCUT2D eigenvalue weighted by molar-refractivity contribution is -0.138. The smallest absolute Gasteiger partial charge is 0.227 e. The molecule has 1 aromatic heterocycles. The number of nitrogens with one attached hydrogen (secondary N) is 1. The summed E-state index contributed by atoms with van der Waals surface area (Å²) in [6, 6.07) is 8.18. The van der Waals surface area contributed by atoms with Gasteiger partial charge in [0.2, 0.25) is 5.91 Å². The van der Waals surface area contributed by atoms with Crippen LogP contribution < -0.4 is 5.32 Å². The van der Waals surface area contributed by atoms with Gasteiger partial charge >= 0.3 is 0 Å². The molecule has 26 heavy (non-hydrogen) atoms. The number of fused-ring (bicyclic) bond motifs is 1. The van der Waals surface area contributed by atoms with E-state index in [2.05, 4.69) is 50.2 Å². The maximum absolute atomic E-state index is 12.3. The maximum Gasteiger partial charge on any atom is 0.227 e. The van der Waals surface area contributed by atoms with Gasteiger partial charge < -0.3 is 9.74 Å². The number of rotatable bonds is 7. The Balaban J connectivity index is 1.66. The van der Waals surface area contributed by atoms with Crippen molar-refractivity contribution in [3.8, 4) is 0 Å². The fourth-order valence-corrected chi connectivity index (χ4v) is 7.46. The normalized spacial score (nSPS) is 21.7. The zero-order valence-corrected chi connectivity index (χ0v) is 19.4. The minimum atomic E-state index is -1.10. The SMILES string of the molecule is C[SiH](C)OC[C@H]([C@H]1C(=O)N[C@@H]1SSc1nc2ccccc2s1)C(C)(C)C. The molecule has 1 aromatic carbocycles. The van der Waals surface area contributed by atoms with Crippen molar-refractivity contribution < 1.29 is 9.22 Å². The molecule has 1 N–H and O–H groups in total. The lowest BCUT2D eigenvalue weighted by Crippen LogP contribution is -2.61. The molecule has 1 aliphatic rings. The average Bonchev–Trinajstić information content (AvgIpc) is 2.96. The van der Waals surface area contributed by atoms with Crippen LogP contribution in [0.2, 0.25) is 13.1 Å². The van der Waals surface area contributed by atoms with Crippen LogP contribution in [0.1, 0.15) is 20.8 Å². The van der Waals surface area contributed by atoms with Crippen molar-refractivity contribution in [3.63, 3.8) is 0 Å². The number of hydrogen-bond acceptors (Lipinski definition) is 6. The first-order valence-corrected chi connectivity index (χ1v) is 14.7. The quantitative estimate of drug-likeness (QED) is 0.393. The van der Waals surface area contributed by atoms with Crippen LogP contribution in [0.5, 0.6) is 0 Å². The molecule has 0 saturated carbocycles. The van der Waals surface area contributed by atoms with Gasteiger partial charge in [0, 0.05) is 12.5 Å². The first kappa shape index (κ1) is 20.2. The molecule has 0 spiro atoms. The van der Waals surface area contributed by atoms with Gasteiger partial charge in [-0.1, -0.05) is 43.7 Å². The summed E-state index contributed by atoms with van der Waals surface area (Å²) < 4.78 is 8.26. The number of amides is 1. The van der Waals surface area contributed by atoms with E-state index in [0.717, 1.165) is 9.86 Å². The van der Waals surface area contributed by atoms with E-state index in [1.165, 1.54) is 4.70 Å². The average molecular weight is 427 g/mol. The number of hydrogen-bond donors (Lipinski definition) is 1. The van der Waals surface area contributed by atoms with Crippen LogP contribution in [-0.4, -0.2) is 31.9 Å². The predicted octanol–water partition coefficient (Wildman–Crippen LogP) is 4.77. The number of carbonyl (C=O) groups is 1. The summed E-state index contributed by atoms with van der Waals surface area (Å²) >= 11 is 1.70. The molecular formula is C18H26N2O2S3Si. The van der Waals surface area contributed by atoms with Gasteiger partial charge in [0.05, 0.1) is 21.5 Å². The standard InChI is InChI=1S/C18H26N2O2S3Si/c1-18(2,3)11(10-22-26(4)5)14-15(21)20-16(14)24-25-17-19-12-8-6-7-9-13(12)23-17/h6-9,11,14,16,26H,10H2,1-5H3,(H,20,21)/t11-,14+,16-/m1/s1. The molecule has 142 valence electrons. The maximum atomic E-state index is 12.3. The fourth-order valence-electron chi connectivity index (χ4n) is 3.01. The van der Waals surface area contributed by atoms with Crippen molar-refractivity contribution in [2.24, 2.45) is 17.3 Å². The van der Waals surface area contributed by atoms with E-state index in [-0.39, 0.29) is 28.5 Å². The van der Waals surface area contributed by atoms with Crippen LogP contribution in [-0.2, 0) is 9.22 Å². The molecule has 3 rings (SSSR count). The van der Waals surface area contributed by atoms with Crippen LogP contribution in [0.3, 0.4) is 0 Å². The Morgan fingerprint density at radius 3 is 2.69 bits per heavy atom. The highest BCUT2D eigenvalue weighted by molar-refractivity contribution is 8.77. The molecule has 8 heteroatoms. The summed E-state index contributed by atoms with van der Waals surface area (Å²) in [6.45, 7) is 11.6. The third-order valence-corrected chi connectivity index (χ3v) is 9.41. The molecule has 3 atom stereocenters. The third kappa shape index (κ3) is 4.65. The summed E-state index contributed by atoms with van der Waals surface area (Å²) in [5, 5.41) is 3.19. The second kappa shape index (κ2) is 8.22. The molecule has 0 aliphatic carbocycles. The molecule has 1 saturated heterocycles. The number of benzene rings is 1. The minimum absolute atomic E-state index is 0.00497. The van der Waals surface area contributed by atoms with Gasteiger partial charge in [-0.15, -0.1) is 11.3 Å². The molecule has 1 aliphatic heterocycles. The molecule has 0 unspecified atom stereocenters. The number of nitrogens with zero attached hydrogens (tertiary/aromatic N) is 1. The van der Waals surface area contributed by atoms with E-state index >= 15 is 0 Å². The first-order chi connectivity index (χ1) is 12.3. The van der Waals surface area contributed by atoms with E-state index in [1.54, 1.807) is 32.9 Å². The molecule has 4 nitrogen and oxygen atoms in total. The summed E-state index contributed by atoms with van der Waals surface area (Å²) in [4.78, 5) is 17.0. The van der Waals surface area contributed by atoms with Gasteiger partial charge in [0.1, 0.15) is 0 Å². The highest BCUT2D eigenvalue weighted by Crippen LogP contribution is 2.47. The number of carbonyl (C=O) groups excluding carboxylic acids is 1. The van der Waals surface area contributed by atoms with Gasteiger partial charge in [0.25, 0.3) is 0 Å². The van der Waals surface area contributed by atoms with Crippen molar-refractivity contribution in [1.29, 1.82) is 0 Å². The minimum Gasteiger partial charge on any atom is -0.420 e. The zero-order chi connectivity index (χ0) is 18.9. The van der Waals surface area contributed by atoms with Gasteiger partial charge in [-0.2, -0.15) is 0 Å². The number of aromatic nitrogens is 1. The highest BCUT2D eigenvalue weighted by Gasteiger charge is 2.49. The molecule has 1 fully saturated rings. The van der Waals surface area contributed by atoms with Gasteiger partial charge in [-0.25, -0.2) is 4.98 Å². The van der Waals surface area contributed by atoms with Crippen LogP contribution in [0.4, 0.5) is 0 Å². The second-order valence-electron chi connectivity index (χ2n) is 7.94. The summed E-state index contributed by atoms with van der Waals surface area (Å²) in [5.41, 5.74) is 1.07. The summed E-state index contributed by atoms with van der Waals surface area (Å²) in [5.74, 6) is 0.371. The Morgan fingerprint density at radius 1 is 1.35 bits per heavy atom. The van der Waals surface area contributed by atoms with Crippen LogP contribution in [0, 0.1) is 17.3 Å². The first-order valence-electron chi connectivity index (χ1n) is 8.86. The summed E-state index contributed by atoms with van der Waals surface area (Å²) in [6.07, 6.45) is 0. The molecular weight excluding hydrogens is 400 g/mol. The molecule has 2 aromatic rings. The number of β-lactam (4-membered cyclic amide) rings is 1. The Bertz CT molecular complexity index is 742. The van der Waals surface area contributed by atoms with Gasteiger partial charge in [-0.3, -0.25) is 4.79 Å². The Morgan fingerprint density at radius 2 is 2.08 bits per heavy atom. The van der Waals surface area contributed by atoms with Crippen LogP contribution in [0.25, 0.3) is 10.2 Å². The Labute approximate surface area is 169 Å². The van der Waals surface area contributed by atoms with E-state index < -0.39 is 9.04 Å². The van der Waals surface area contributed by atoms with Crippen molar-refractivity contribution in [1.82, 2.24) is 10.3 Å². The van der Waals surface area contributed by atoms with Crippen molar-refractivity contribution in [2.75, 3.05) is 6.61 Å². The number of para-hydroxylation sites is 1. The number of thiazole rings is 1. The molecule has 0 bridgehead atoms. The van der Waals surface area contributed by atoms with Crippen molar-refractivity contribution in [2.45, 2.75) is 43.6 Å². The van der Waals surface area contributed by atoms with Crippen LogP contribution in [0.15, 0.2) is 28.6 Å². The van der Waals surface area contributed by atoms with Crippen molar-refractivity contribution in [3.05, 3.63) is 24.3 Å². The van der Waals surface area contributed by atoms with Gasteiger partial charge in [0.15, 0.2) is 13.4 Å². The molecule has 0 radical (unpaired) electrons. The predicted molar refractivity (Wildman–Crippen MR) is 116 cm³/mol. The lowest BCUT2D eigenvalue weighted by atomic mass is 9.71. The third-order valence-electron chi connectivity index (χ3n) is 4.57. The van der Waals surface area contributed by atoms with Crippen LogP contribution >= 0.6 is 32.9 Å². The molecule has 2 heterocycles. The Hall–Kier alpha value is -0.543. The van der Waals surface area contributed by atoms with E-state index in [1.807, 2.05) is 18.2 Å². The lowest BCUT2D eigenvalue weighted by Gasteiger charge is -2.45. The van der Waals surface area contributed by atoms with Crippen molar-refractivity contribution >= 4 is 58.1 Å². The zero-order valence-electron chi connectivity index (χ0n) is 15.8. The Kier molecular flexibility index (Phi) is 6.39. The van der Waals surface area contributed by atoms with E-state index in [0.29, 0.717) is 6.61 Å². The fraction of sp³-hybridized carbons (Fsp3) is 0.556. The largest absolute Gasteiger partial charge is 0.420 e. The van der Waals surface area contributed by atoms with E-state index in [9.17, 15) is 4.79 Å².